The Balaban J connectivity index is 1.52. The molecule has 6 nitrogen and oxygen atoms in total. The van der Waals surface area contributed by atoms with Crippen molar-refractivity contribution in [2.24, 2.45) is 0 Å². The second-order valence-corrected chi connectivity index (χ2v) is 6.51. The van der Waals surface area contributed by atoms with Gasteiger partial charge in [0.1, 0.15) is 5.82 Å². The lowest BCUT2D eigenvalue weighted by atomic mass is 10.1. The Morgan fingerprint density at radius 2 is 2.08 bits per heavy atom. The molecule has 1 aliphatic rings. The molecule has 0 bridgehead atoms. The smallest absolute Gasteiger partial charge is 0.220 e. The van der Waals surface area contributed by atoms with Crippen LogP contribution in [0.4, 0.5) is 4.39 Å². The maximum absolute atomic E-state index is 13.6. The van der Waals surface area contributed by atoms with Crippen molar-refractivity contribution in [2.75, 3.05) is 6.54 Å². The Hall–Kier alpha value is -2.70. The van der Waals surface area contributed by atoms with Gasteiger partial charge in [0.25, 0.3) is 0 Å². The molecule has 0 unspecified atom stereocenters. The molecule has 26 heavy (non-hydrogen) atoms. The molecule has 0 saturated carbocycles. The highest BCUT2D eigenvalue weighted by atomic mass is 19.1. The topological polar surface area (TPSA) is 67.2 Å². The minimum atomic E-state index is -0.284. The van der Waals surface area contributed by atoms with Crippen LogP contribution in [0.5, 0.6) is 0 Å². The minimum absolute atomic E-state index is 0.0580. The molecule has 2 aromatic rings. The number of aryl methyl sites for hydroxylation is 2. The molecule has 1 aromatic carbocycles. The zero-order valence-corrected chi connectivity index (χ0v) is 14.9. The third kappa shape index (κ3) is 4.47. The first kappa shape index (κ1) is 18.1. The number of nitrogens with zero attached hydrogens (tertiary/aromatic N) is 3. The number of hydrogen-bond acceptors (Lipinski definition) is 3. The van der Waals surface area contributed by atoms with Crippen molar-refractivity contribution in [1.82, 2.24) is 20.0 Å². The number of rotatable bonds is 5. The lowest BCUT2D eigenvalue weighted by Crippen LogP contribution is -2.28. The molecule has 3 rings (SSSR count). The van der Waals surface area contributed by atoms with Gasteiger partial charge in [-0.15, -0.1) is 0 Å². The molecule has 0 saturated heterocycles. The molecule has 2 amide bonds. The largest absolute Gasteiger partial charge is 0.350 e. The minimum Gasteiger partial charge on any atom is -0.350 e. The van der Waals surface area contributed by atoms with Crippen LogP contribution >= 0.6 is 0 Å². The zero-order chi connectivity index (χ0) is 18.5. The fourth-order valence-corrected chi connectivity index (χ4v) is 3.10. The Morgan fingerprint density at radius 3 is 2.85 bits per heavy atom. The number of carbonyl (C=O) groups is 2. The molecule has 1 aliphatic heterocycles. The van der Waals surface area contributed by atoms with E-state index in [0.29, 0.717) is 25.1 Å². The van der Waals surface area contributed by atoms with Gasteiger partial charge >= 0.3 is 0 Å². The van der Waals surface area contributed by atoms with Gasteiger partial charge in [0, 0.05) is 26.4 Å². The van der Waals surface area contributed by atoms with Gasteiger partial charge in [0.2, 0.25) is 11.8 Å². The van der Waals surface area contributed by atoms with Crippen molar-refractivity contribution < 1.29 is 14.0 Å². The Kier molecular flexibility index (Phi) is 5.65. The van der Waals surface area contributed by atoms with Crippen LogP contribution in [0.3, 0.4) is 0 Å². The summed E-state index contributed by atoms with van der Waals surface area (Å²) in [5, 5.41) is 7.34. The van der Waals surface area contributed by atoms with Crippen LogP contribution in [0.25, 0.3) is 0 Å². The highest BCUT2D eigenvalue weighted by Crippen LogP contribution is 2.14. The fraction of sp³-hybridized carbons (Fsp3) is 0.421. The summed E-state index contributed by atoms with van der Waals surface area (Å²) in [5.74, 6) is -0.363. The van der Waals surface area contributed by atoms with Crippen molar-refractivity contribution in [3.8, 4) is 0 Å². The molecular formula is C19H23FN4O2. The molecule has 138 valence electrons. The number of halogens is 1. The van der Waals surface area contributed by atoms with Crippen LogP contribution in [-0.4, -0.2) is 33.0 Å². The quantitative estimate of drug-likeness (QED) is 0.889. The zero-order valence-electron chi connectivity index (χ0n) is 14.9. The van der Waals surface area contributed by atoms with Crippen LogP contribution in [0.15, 0.2) is 30.3 Å². The molecule has 0 spiro atoms. The van der Waals surface area contributed by atoms with E-state index in [1.807, 2.05) is 10.7 Å². The fourth-order valence-electron chi connectivity index (χ4n) is 3.10. The maximum atomic E-state index is 13.6. The summed E-state index contributed by atoms with van der Waals surface area (Å²) in [5.41, 5.74) is 2.29. The Morgan fingerprint density at radius 1 is 1.27 bits per heavy atom. The predicted molar refractivity (Wildman–Crippen MR) is 94.5 cm³/mol. The number of carbonyl (C=O) groups excluding carboxylic acids is 2. The standard InChI is InChI=1S/C19H23FN4O2/c1-14(25)23-9-4-10-24-17(13-23)11-16(22-24)12-21-19(26)8-7-15-5-2-3-6-18(15)20/h2-3,5-6,11H,4,7-10,12-13H2,1H3,(H,21,26). The van der Waals surface area contributed by atoms with Gasteiger partial charge in [-0.3, -0.25) is 14.3 Å². The second-order valence-electron chi connectivity index (χ2n) is 6.51. The average Bonchev–Trinajstić information content (AvgIpc) is 2.89. The van der Waals surface area contributed by atoms with Gasteiger partial charge in [-0.2, -0.15) is 5.10 Å². The molecule has 0 fully saturated rings. The average molecular weight is 358 g/mol. The lowest BCUT2D eigenvalue weighted by Gasteiger charge is -2.17. The third-order valence-corrected chi connectivity index (χ3v) is 4.56. The number of fused-ring (bicyclic) bond motifs is 1. The van der Waals surface area contributed by atoms with E-state index < -0.39 is 0 Å². The summed E-state index contributed by atoms with van der Waals surface area (Å²) < 4.78 is 15.5. The first-order valence-electron chi connectivity index (χ1n) is 8.84. The van der Waals surface area contributed by atoms with Crippen molar-refractivity contribution in [3.05, 3.63) is 53.1 Å². The summed E-state index contributed by atoms with van der Waals surface area (Å²) in [4.78, 5) is 25.4. The number of hydrogen-bond donors (Lipinski definition) is 1. The second kappa shape index (κ2) is 8.12. The summed E-state index contributed by atoms with van der Waals surface area (Å²) in [6.07, 6.45) is 1.46. The normalized spacial score (nSPS) is 13.8. The van der Waals surface area contributed by atoms with Crippen molar-refractivity contribution in [3.63, 3.8) is 0 Å². The molecule has 0 radical (unpaired) electrons. The highest BCUT2D eigenvalue weighted by molar-refractivity contribution is 5.76. The van der Waals surface area contributed by atoms with E-state index in [9.17, 15) is 14.0 Å². The summed E-state index contributed by atoms with van der Waals surface area (Å²) in [6, 6.07) is 8.41. The van der Waals surface area contributed by atoms with Crippen molar-refractivity contribution in [2.45, 2.75) is 45.8 Å². The van der Waals surface area contributed by atoms with E-state index in [4.69, 9.17) is 0 Å². The van der Waals surface area contributed by atoms with E-state index in [1.165, 1.54) is 6.07 Å². The van der Waals surface area contributed by atoms with Gasteiger partial charge < -0.3 is 10.2 Å². The van der Waals surface area contributed by atoms with E-state index in [-0.39, 0.29) is 24.1 Å². The van der Waals surface area contributed by atoms with E-state index in [2.05, 4.69) is 10.4 Å². The molecule has 2 heterocycles. The molecule has 1 aromatic heterocycles. The third-order valence-electron chi connectivity index (χ3n) is 4.56. The van der Waals surface area contributed by atoms with Gasteiger partial charge in [-0.25, -0.2) is 4.39 Å². The first-order valence-corrected chi connectivity index (χ1v) is 8.84. The Bertz CT molecular complexity index is 803. The molecular weight excluding hydrogens is 335 g/mol. The van der Waals surface area contributed by atoms with Crippen LogP contribution in [0, 0.1) is 5.82 Å². The van der Waals surface area contributed by atoms with Crippen LogP contribution in [-0.2, 0) is 35.6 Å². The van der Waals surface area contributed by atoms with Gasteiger partial charge in [-0.05, 0) is 30.5 Å². The van der Waals surface area contributed by atoms with E-state index >= 15 is 0 Å². The van der Waals surface area contributed by atoms with Crippen LogP contribution in [0.2, 0.25) is 0 Å². The molecule has 0 aliphatic carbocycles. The maximum Gasteiger partial charge on any atom is 0.220 e. The van der Waals surface area contributed by atoms with Gasteiger partial charge in [-0.1, -0.05) is 18.2 Å². The first-order chi connectivity index (χ1) is 12.5. The lowest BCUT2D eigenvalue weighted by molar-refractivity contribution is -0.129. The van der Waals surface area contributed by atoms with Crippen molar-refractivity contribution in [1.29, 1.82) is 0 Å². The number of nitrogens with one attached hydrogen (secondary N) is 1. The highest BCUT2D eigenvalue weighted by Gasteiger charge is 2.18. The summed E-state index contributed by atoms with van der Waals surface area (Å²) in [7, 11) is 0. The van der Waals surface area contributed by atoms with Crippen molar-refractivity contribution >= 4 is 11.8 Å². The predicted octanol–water partition coefficient (Wildman–Crippen LogP) is 2.02. The molecule has 1 N–H and O–H groups in total. The summed E-state index contributed by atoms with van der Waals surface area (Å²) >= 11 is 0. The van der Waals surface area contributed by atoms with Gasteiger partial charge in [0.05, 0.1) is 24.5 Å². The van der Waals surface area contributed by atoms with Crippen LogP contribution in [0.1, 0.15) is 36.7 Å². The SMILES string of the molecule is CC(=O)N1CCCn2nc(CNC(=O)CCc3ccccc3F)cc2C1. The van der Waals surface area contributed by atoms with Gasteiger partial charge in [0.15, 0.2) is 0 Å². The monoisotopic (exact) mass is 358 g/mol. The van der Waals surface area contributed by atoms with E-state index in [1.54, 1.807) is 30.0 Å². The van der Waals surface area contributed by atoms with Crippen LogP contribution < -0.4 is 5.32 Å². The number of aromatic nitrogens is 2. The summed E-state index contributed by atoms with van der Waals surface area (Å²) in [6.45, 7) is 3.95. The Labute approximate surface area is 152 Å². The molecule has 0 atom stereocenters. The van der Waals surface area contributed by atoms with E-state index in [0.717, 1.165) is 30.9 Å². The number of benzene rings is 1. The number of amides is 2. The molecule has 7 heteroatoms.